The number of likely N-dealkylation sites (tertiary alicyclic amines) is 1. The van der Waals surface area contributed by atoms with E-state index in [1.165, 1.54) is 0 Å². The van der Waals surface area contributed by atoms with Crippen LogP contribution in [0.5, 0.6) is 5.75 Å². The van der Waals surface area contributed by atoms with Crippen LogP contribution in [0.15, 0.2) is 24.3 Å². The van der Waals surface area contributed by atoms with Gasteiger partial charge in [0.25, 0.3) is 0 Å². The highest BCUT2D eigenvalue weighted by atomic mass is 16.6. The van der Waals surface area contributed by atoms with E-state index in [-0.39, 0.29) is 25.3 Å². The molecule has 1 aromatic rings. The Morgan fingerprint density at radius 1 is 1.38 bits per heavy atom. The van der Waals surface area contributed by atoms with Crippen molar-refractivity contribution in [1.82, 2.24) is 4.90 Å². The van der Waals surface area contributed by atoms with E-state index in [1.807, 2.05) is 45.0 Å². The number of rotatable bonds is 6. The predicted molar refractivity (Wildman–Crippen MR) is 99.5 cm³/mol. The number of anilines is 1. The van der Waals surface area contributed by atoms with Gasteiger partial charge in [-0.25, -0.2) is 4.79 Å². The van der Waals surface area contributed by atoms with Crippen molar-refractivity contribution in [3.05, 3.63) is 24.3 Å². The lowest BCUT2D eigenvalue weighted by atomic mass is 10.1. The standard InChI is InChI=1S/C19H30N2O5/c1-19(2,3)26-18(24)21-10-6-7-15(12-21)25-17-9-5-4-8-16(17)20-11-14(23)13-22/h4-5,8-9,14-15,20,22-23H,6-7,10-13H2,1-3H3. The van der Waals surface area contributed by atoms with Gasteiger partial charge in [0.15, 0.2) is 0 Å². The lowest BCUT2D eigenvalue weighted by molar-refractivity contribution is 0.00783. The molecule has 146 valence electrons. The molecule has 26 heavy (non-hydrogen) atoms. The van der Waals surface area contributed by atoms with E-state index in [9.17, 15) is 9.90 Å². The molecule has 7 nitrogen and oxygen atoms in total. The number of carbonyl (C=O) groups is 1. The average molecular weight is 366 g/mol. The molecule has 0 saturated carbocycles. The van der Waals surface area contributed by atoms with Crippen molar-refractivity contribution in [2.45, 2.75) is 51.4 Å². The SMILES string of the molecule is CC(C)(C)OC(=O)N1CCCC(Oc2ccccc2NCC(O)CO)C1. The number of piperidine rings is 1. The Labute approximate surface area is 154 Å². The fourth-order valence-electron chi connectivity index (χ4n) is 2.71. The second-order valence-electron chi connectivity index (χ2n) is 7.52. The number of benzene rings is 1. The van der Waals surface area contributed by atoms with Gasteiger partial charge in [-0.2, -0.15) is 0 Å². The van der Waals surface area contributed by atoms with Crippen molar-refractivity contribution >= 4 is 11.8 Å². The Morgan fingerprint density at radius 2 is 2.12 bits per heavy atom. The lowest BCUT2D eigenvalue weighted by Crippen LogP contribution is -2.46. The van der Waals surface area contributed by atoms with Crippen LogP contribution >= 0.6 is 0 Å². The number of amides is 1. The van der Waals surface area contributed by atoms with Gasteiger partial charge in [0.05, 0.1) is 24.9 Å². The van der Waals surface area contributed by atoms with E-state index in [1.54, 1.807) is 4.90 Å². The zero-order valence-electron chi connectivity index (χ0n) is 15.8. The Kier molecular flexibility index (Phi) is 7.11. The molecule has 0 aliphatic carbocycles. The van der Waals surface area contributed by atoms with Crippen LogP contribution in [0.1, 0.15) is 33.6 Å². The Bertz CT molecular complexity index is 588. The van der Waals surface area contributed by atoms with Crippen LogP contribution in [-0.2, 0) is 4.74 Å². The minimum Gasteiger partial charge on any atom is -0.486 e. The third-order valence-electron chi connectivity index (χ3n) is 3.95. The molecule has 0 radical (unpaired) electrons. The number of hydrogen-bond acceptors (Lipinski definition) is 6. The predicted octanol–water partition coefficient (Wildman–Crippen LogP) is 2.23. The zero-order chi connectivity index (χ0) is 19.2. The molecule has 0 aromatic heterocycles. The van der Waals surface area contributed by atoms with E-state index in [0.717, 1.165) is 18.5 Å². The summed E-state index contributed by atoms with van der Waals surface area (Å²) in [6, 6.07) is 7.44. The van der Waals surface area contributed by atoms with Crippen molar-refractivity contribution in [3.63, 3.8) is 0 Å². The third-order valence-corrected chi connectivity index (χ3v) is 3.95. The second-order valence-corrected chi connectivity index (χ2v) is 7.52. The number of nitrogens with one attached hydrogen (secondary N) is 1. The molecule has 2 rings (SSSR count). The van der Waals surface area contributed by atoms with Gasteiger partial charge in [-0.3, -0.25) is 0 Å². The van der Waals surface area contributed by atoms with E-state index in [2.05, 4.69) is 5.32 Å². The summed E-state index contributed by atoms with van der Waals surface area (Å²) in [6.45, 7) is 6.62. The van der Waals surface area contributed by atoms with Crippen molar-refractivity contribution in [2.75, 3.05) is 31.6 Å². The summed E-state index contributed by atoms with van der Waals surface area (Å²) >= 11 is 0. The molecule has 7 heteroatoms. The molecule has 1 aliphatic heterocycles. The van der Waals surface area contributed by atoms with Crippen molar-refractivity contribution in [3.8, 4) is 5.75 Å². The summed E-state index contributed by atoms with van der Waals surface area (Å²) in [5, 5.41) is 21.5. The number of para-hydroxylation sites is 2. The normalized spacial score (nSPS) is 19.0. The summed E-state index contributed by atoms with van der Waals surface area (Å²) in [4.78, 5) is 14.0. The first-order chi connectivity index (χ1) is 12.3. The van der Waals surface area contributed by atoms with Gasteiger partial charge in [-0.1, -0.05) is 12.1 Å². The molecular formula is C19H30N2O5. The van der Waals surface area contributed by atoms with Gasteiger partial charge in [-0.15, -0.1) is 0 Å². The van der Waals surface area contributed by atoms with E-state index in [4.69, 9.17) is 14.6 Å². The molecular weight excluding hydrogens is 336 g/mol. The molecule has 3 N–H and O–H groups in total. The molecule has 1 amide bonds. The largest absolute Gasteiger partial charge is 0.486 e. The molecule has 1 aromatic carbocycles. The smallest absolute Gasteiger partial charge is 0.410 e. The van der Waals surface area contributed by atoms with Crippen molar-refractivity contribution < 1.29 is 24.5 Å². The topological polar surface area (TPSA) is 91.3 Å². The Morgan fingerprint density at radius 3 is 2.81 bits per heavy atom. The molecule has 1 heterocycles. The number of nitrogens with zero attached hydrogens (tertiary/aromatic N) is 1. The van der Waals surface area contributed by atoms with Gasteiger partial charge < -0.3 is 29.9 Å². The first-order valence-electron chi connectivity index (χ1n) is 9.05. The number of aliphatic hydroxyl groups excluding tert-OH is 2. The minimum absolute atomic E-state index is 0.123. The maximum Gasteiger partial charge on any atom is 0.410 e. The lowest BCUT2D eigenvalue weighted by Gasteiger charge is -2.34. The molecule has 1 fully saturated rings. The van der Waals surface area contributed by atoms with Crippen LogP contribution in [0, 0.1) is 0 Å². The van der Waals surface area contributed by atoms with E-state index in [0.29, 0.717) is 18.8 Å². The maximum absolute atomic E-state index is 12.3. The monoisotopic (exact) mass is 366 g/mol. The van der Waals surface area contributed by atoms with Crippen LogP contribution in [0.2, 0.25) is 0 Å². The van der Waals surface area contributed by atoms with Crippen LogP contribution in [0.4, 0.5) is 10.5 Å². The molecule has 1 saturated heterocycles. The molecule has 2 unspecified atom stereocenters. The Hall–Kier alpha value is -1.99. The highest BCUT2D eigenvalue weighted by Gasteiger charge is 2.28. The fraction of sp³-hybridized carbons (Fsp3) is 0.632. The summed E-state index contributed by atoms with van der Waals surface area (Å²) in [6.07, 6.45) is 0.431. The van der Waals surface area contributed by atoms with Crippen LogP contribution in [0.25, 0.3) is 0 Å². The number of hydrogen-bond donors (Lipinski definition) is 3. The molecule has 0 bridgehead atoms. The zero-order valence-corrected chi connectivity index (χ0v) is 15.8. The van der Waals surface area contributed by atoms with Gasteiger partial charge >= 0.3 is 6.09 Å². The molecule has 2 atom stereocenters. The first kappa shape index (κ1) is 20.3. The highest BCUT2D eigenvalue weighted by Crippen LogP contribution is 2.27. The first-order valence-corrected chi connectivity index (χ1v) is 9.05. The van der Waals surface area contributed by atoms with Gasteiger partial charge in [0, 0.05) is 13.1 Å². The maximum atomic E-state index is 12.3. The second kappa shape index (κ2) is 9.09. The fourth-order valence-corrected chi connectivity index (χ4v) is 2.71. The van der Waals surface area contributed by atoms with E-state index < -0.39 is 11.7 Å². The van der Waals surface area contributed by atoms with Gasteiger partial charge in [0.1, 0.15) is 17.5 Å². The molecule has 0 spiro atoms. The number of carbonyl (C=O) groups excluding carboxylic acids is 1. The number of ether oxygens (including phenoxy) is 2. The van der Waals surface area contributed by atoms with Crippen molar-refractivity contribution in [2.24, 2.45) is 0 Å². The molecule has 1 aliphatic rings. The van der Waals surface area contributed by atoms with Crippen LogP contribution in [-0.4, -0.2) is 65.3 Å². The third kappa shape index (κ3) is 6.38. The summed E-state index contributed by atoms with van der Waals surface area (Å²) in [5.74, 6) is 0.661. The minimum atomic E-state index is -0.833. The summed E-state index contributed by atoms with van der Waals surface area (Å²) in [7, 11) is 0. The summed E-state index contributed by atoms with van der Waals surface area (Å²) in [5.41, 5.74) is 0.226. The van der Waals surface area contributed by atoms with Gasteiger partial charge in [0.2, 0.25) is 0 Å². The average Bonchev–Trinajstić information content (AvgIpc) is 2.59. The quantitative estimate of drug-likeness (QED) is 0.715. The Balaban J connectivity index is 1.97. The number of aliphatic hydroxyl groups is 2. The highest BCUT2D eigenvalue weighted by molar-refractivity contribution is 5.68. The van der Waals surface area contributed by atoms with Gasteiger partial charge in [-0.05, 0) is 45.7 Å². The van der Waals surface area contributed by atoms with Crippen LogP contribution < -0.4 is 10.1 Å². The van der Waals surface area contributed by atoms with Crippen LogP contribution in [0.3, 0.4) is 0 Å². The van der Waals surface area contributed by atoms with Crippen molar-refractivity contribution in [1.29, 1.82) is 0 Å². The summed E-state index contributed by atoms with van der Waals surface area (Å²) < 4.78 is 11.6. The van der Waals surface area contributed by atoms with E-state index >= 15 is 0 Å².